The third kappa shape index (κ3) is 2.67. The van der Waals surface area contributed by atoms with Crippen LogP contribution in [-0.2, 0) is 0 Å². The highest BCUT2D eigenvalue weighted by Gasteiger charge is 2.30. The van der Waals surface area contributed by atoms with E-state index in [1.807, 2.05) is 44.2 Å². The number of hydrogen-bond acceptors (Lipinski definition) is 4. The lowest BCUT2D eigenvalue weighted by Gasteiger charge is -2.23. The summed E-state index contributed by atoms with van der Waals surface area (Å²) in [6.45, 7) is 3.98. The van der Waals surface area contributed by atoms with E-state index in [9.17, 15) is 15.3 Å². The molecular formula is C23H15N3O2. The molecule has 3 aromatic rings. The summed E-state index contributed by atoms with van der Waals surface area (Å²) in [6, 6.07) is 19.8. The Morgan fingerprint density at radius 2 is 1.57 bits per heavy atom. The Labute approximate surface area is 162 Å². The summed E-state index contributed by atoms with van der Waals surface area (Å²) in [5, 5.41) is 18.8. The van der Waals surface area contributed by atoms with E-state index in [0.717, 1.165) is 11.1 Å². The summed E-state index contributed by atoms with van der Waals surface area (Å²) >= 11 is 0. The van der Waals surface area contributed by atoms with Crippen molar-refractivity contribution in [2.75, 3.05) is 4.90 Å². The number of nitriles is 2. The monoisotopic (exact) mass is 365 g/mol. The normalized spacial score (nSPS) is 12.1. The minimum Gasteiger partial charge on any atom is -0.454 e. The van der Waals surface area contributed by atoms with E-state index in [1.165, 1.54) is 17.0 Å². The van der Waals surface area contributed by atoms with Gasteiger partial charge in [-0.3, -0.25) is 9.69 Å². The van der Waals surface area contributed by atoms with Crippen LogP contribution in [0.25, 0.3) is 0 Å². The fourth-order valence-corrected chi connectivity index (χ4v) is 3.21. The fourth-order valence-electron chi connectivity index (χ4n) is 3.21. The van der Waals surface area contributed by atoms with Gasteiger partial charge in [-0.25, -0.2) is 0 Å². The van der Waals surface area contributed by atoms with Crippen LogP contribution < -0.4 is 9.64 Å². The quantitative estimate of drug-likeness (QED) is 0.599. The molecule has 0 bridgehead atoms. The van der Waals surface area contributed by atoms with Gasteiger partial charge in [-0.2, -0.15) is 10.5 Å². The molecule has 4 rings (SSSR count). The number of carbonyl (C=O) groups is 1. The summed E-state index contributed by atoms with van der Waals surface area (Å²) in [7, 11) is 0. The van der Waals surface area contributed by atoms with E-state index in [1.54, 1.807) is 24.3 Å². The van der Waals surface area contributed by atoms with Crippen LogP contribution in [0.15, 0.2) is 54.6 Å². The van der Waals surface area contributed by atoms with Crippen LogP contribution >= 0.6 is 0 Å². The minimum atomic E-state index is -0.258. The number of amides is 1. The molecule has 1 amide bonds. The van der Waals surface area contributed by atoms with E-state index in [2.05, 4.69) is 0 Å². The molecule has 134 valence electrons. The van der Waals surface area contributed by atoms with Crippen LogP contribution in [0.2, 0.25) is 0 Å². The predicted molar refractivity (Wildman–Crippen MR) is 105 cm³/mol. The molecule has 5 nitrogen and oxygen atoms in total. The zero-order chi connectivity index (χ0) is 19.8. The van der Waals surface area contributed by atoms with Crippen molar-refractivity contribution >= 4 is 17.3 Å². The highest BCUT2D eigenvalue weighted by Crippen LogP contribution is 2.43. The lowest BCUT2D eigenvalue weighted by Crippen LogP contribution is -2.25. The molecule has 0 fully saturated rings. The summed E-state index contributed by atoms with van der Waals surface area (Å²) in [5.74, 6) is 0.506. The SMILES string of the molecule is Cc1ccc(N2C(=O)c3ccccc3Oc3cc(C#N)c(C#N)cc32)cc1C. The minimum absolute atomic E-state index is 0.192. The average Bonchev–Trinajstić information content (AvgIpc) is 2.82. The second-order valence-electron chi connectivity index (χ2n) is 6.60. The van der Waals surface area contributed by atoms with Gasteiger partial charge >= 0.3 is 0 Å². The molecule has 0 saturated heterocycles. The highest BCUT2D eigenvalue weighted by atomic mass is 16.5. The number of rotatable bonds is 1. The first-order valence-corrected chi connectivity index (χ1v) is 8.70. The Balaban J connectivity index is 2.04. The van der Waals surface area contributed by atoms with Gasteiger partial charge in [0.1, 0.15) is 17.9 Å². The lowest BCUT2D eigenvalue weighted by atomic mass is 10.0. The van der Waals surface area contributed by atoms with E-state index >= 15 is 0 Å². The molecule has 0 N–H and O–H groups in total. The van der Waals surface area contributed by atoms with Crippen LogP contribution in [-0.4, -0.2) is 5.91 Å². The Bertz CT molecular complexity index is 1220. The molecule has 5 heteroatoms. The molecule has 0 spiro atoms. The zero-order valence-electron chi connectivity index (χ0n) is 15.4. The van der Waals surface area contributed by atoms with Crippen LogP contribution in [0.1, 0.15) is 32.6 Å². The number of para-hydroxylation sites is 1. The Morgan fingerprint density at radius 1 is 0.857 bits per heavy atom. The van der Waals surface area contributed by atoms with Gasteiger partial charge < -0.3 is 4.74 Å². The molecular weight excluding hydrogens is 350 g/mol. The summed E-state index contributed by atoms with van der Waals surface area (Å²) in [5.41, 5.74) is 4.06. The molecule has 0 radical (unpaired) electrons. The van der Waals surface area contributed by atoms with Crippen molar-refractivity contribution in [3.05, 3.63) is 82.4 Å². The number of carbonyl (C=O) groups excluding carboxylic acids is 1. The van der Waals surface area contributed by atoms with E-state index in [0.29, 0.717) is 28.4 Å². The Hall–Kier alpha value is -4.09. The van der Waals surface area contributed by atoms with Gasteiger partial charge in [-0.05, 0) is 55.3 Å². The zero-order valence-corrected chi connectivity index (χ0v) is 15.4. The maximum absolute atomic E-state index is 13.4. The standard InChI is InChI=1S/C23H15N3O2/c1-14-7-8-18(9-15(14)2)26-20-10-16(12-24)17(13-25)11-22(20)28-21-6-4-3-5-19(21)23(26)27/h3-11H,1-2H3. The van der Waals surface area contributed by atoms with Gasteiger partial charge in [0.2, 0.25) is 0 Å². The van der Waals surface area contributed by atoms with E-state index in [-0.39, 0.29) is 17.0 Å². The number of benzene rings is 3. The topological polar surface area (TPSA) is 77.1 Å². The first kappa shape index (κ1) is 17.3. The lowest BCUT2D eigenvalue weighted by molar-refractivity contribution is 0.0999. The fraction of sp³-hybridized carbons (Fsp3) is 0.0870. The van der Waals surface area contributed by atoms with Crippen LogP contribution in [0.3, 0.4) is 0 Å². The summed E-state index contributed by atoms with van der Waals surface area (Å²) in [4.78, 5) is 15.0. The molecule has 1 aliphatic heterocycles. The molecule has 3 aromatic carbocycles. The van der Waals surface area contributed by atoms with E-state index < -0.39 is 0 Å². The third-order valence-corrected chi connectivity index (χ3v) is 4.87. The number of nitrogens with zero attached hydrogens (tertiary/aromatic N) is 3. The maximum atomic E-state index is 13.4. The van der Waals surface area contributed by atoms with Gasteiger partial charge in [0, 0.05) is 11.8 Å². The number of anilines is 2. The first-order valence-electron chi connectivity index (χ1n) is 8.70. The van der Waals surface area contributed by atoms with Crippen molar-refractivity contribution in [3.8, 4) is 23.6 Å². The predicted octanol–water partition coefficient (Wildman–Crippen LogP) is 5.13. The molecule has 0 aliphatic carbocycles. The average molecular weight is 365 g/mol. The van der Waals surface area contributed by atoms with Crippen molar-refractivity contribution in [3.63, 3.8) is 0 Å². The maximum Gasteiger partial charge on any atom is 0.266 e. The summed E-state index contributed by atoms with van der Waals surface area (Å²) < 4.78 is 6.00. The van der Waals surface area contributed by atoms with Crippen molar-refractivity contribution in [2.45, 2.75) is 13.8 Å². The smallest absolute Gasteiger partial charge is 0.266 e. The number of aryl methyl sites for hydroxylation is 2. The van der Waals surface area contributed by atoms with Crippen molar-refractivity contribution in [1.82, 2.24) is 0 Å². The van der Waals surface area contributed by atoms with Crippen molar-refractivity contribution in [2.24, 2.45) is 0 Å². The van der Waals surface area contributed by atoms with Gasteiger partial charge in [-0.15, -0.1) is 0 Å². The third-order valence-electron chi connectivity index (χ3n) is 4.87. The highest BCUT2D eigenvalue weighted by molar-refractivity contribution is 6.14. The second-order valence-corrected chi connectivity index (χ2v) is 6.60. The van der Waals surface area contributed by atoms with Crippen molar-refractivity contribution < 1.29 is 9.53 Å². The molecule has 0 atom stereocenters. The Kier molecular flexibility index (Phi) is 4.07. The molecule has 0 saturated carbocycles. The number of hydrogen-bond donors (Lipinski definition) is 0. The van der Waals surface area contributed by atoms with Gasteiger partial charge in [-0.1, -0.05) is 18.2 Å². The summed E-state index contributed by atoms with van der Waals surface area (Å²) in [6.07, 6.45) is 0. The van der Waals surface area contributed by atoms with Crippen LogP contribution in [0.4, 0.5) is 11.4 Å². The van der Waals surface area contributed by atoms with Gasteiger partial charge in [0.05, 0.1) is 22.4 Å². The number of ether oxygens (including phenoxy) is 1. The van der Waals surface area contributed by atoms with Gasteiger partial charge in [0.25, 0.3) is 5.91 Å². The second kappa shape index (κ2) is 6.57. The molecule has 0 aromatic heterocycles. The first-order chi connectivity index (χ1) is 13.5. The molecule has 1 aliphatic rings. The van der Waals surface area contributed by atoms with Crippen molar-refractivity contribution in [1.29, 1.82) is 10.5 Å². The van der Waals surface area contributed by atoms with E-state index in [4.69, 9.17) is 4.74 Å². The number of fused-ring (bicyclic) bond motifs is 2. The Morgan fingerprint density at radius 3 is 2.29 bits per heavy atom. The van der Waals surface area contributed by atoms with Crippen LogP contribution in [0, 0.1) is 36.5 Å². The molecule has 28 heavy (non-hydrogen) atoms. The van der Waals surface area contributed by atoms with Gasteiger partial charge in [0.15, 0.2) is 5.75 Å². The molecule has 1 heterocycles. The molecule has 0 unspecified atom stereocenters. The largest absolute Gasteiger partial charge is 0.454 e. The van der Waals surface area contributed by atoms with Crippen LogP contribution in [0.5, 0.6) is 11.5 Å².